The molecule has 0 aliphatic carbocycles. The molecule has 100 valence electrons. The van der Waals surface area contributed by atoms with Crippen LogP contribution < -0.4 is 5.32 Å². The lowest BCUT2D eigenvalue weighted by molar-refractivity contribution is -0.0530. The number of morpholine rings is 1. The molecule has 1 aliphatic rings. The molecule has 4 nitrogen and oxygen atoms in total. The van der Waals surface area contributed by atoms with Crippen molar-refractivity contribution in [3.8, 4) is 0 Å². The first-order valence-corrected chi connectivity index (χ1v) is 6.64. The fourth-order valence-electron chi connectivity index (χ4n) is 2.30. The second-order valence-electron chi connectivity index (χ2n) is 5.07. The van der Waals surface area contributed by atoms with Crippen molar-refractivity contribution in [2.75, 3.05) is 20.2 Å². The molecule has 2 rings (SSSR count). The molecule has 2 unspecified atom stereocenters. The van der Waals surface area contributed by atoms with E-state index in [1.54, 1.807) is 0 Å². The third kappa shape index (κ3) is 3.51. The zero-order valence-electron chi connectivity index (χ0n) is 11.5. The number of hydrogen-bond acceptors (Lipinski definition) is 4. The number of hydrogen-bond donors (Lipinski definition) is 1. The summed E-state index contributed by atoms with van der Waals surface area (Å²) in [5.74, 6) is 0. The molecule has 1 fully saturated rings. The van der Waals surface area contributed by atoms with Crippen LogP contribution in [-0.2, 0) is 17.8 Å². The Bertz CT molecular complexity index is 383. The highest BCUT2D eigenvalue weighted by Gasteiger charge is 2.23. The molecular formula is C14H23N3O. The predicted molar refractivity (Wildman–Crippen MR) is 72.3 cm³/mol. The van der Waals surface area contributed by atoms with Crippen LogP contribution in [-0.4, -0.2) is 42.2 Å². The lowest BCUT2D eigenvalue weighted by Crippen LogP contribution is -2.46. The first-order valence-electron chi connectivity index (χ1n) is 6.64. The van der Waals surface area contributed by atoms with Crippen LogP contribution in [0.2, 0.25) is 0 Å². The van der Waals surface area contributed by atoms with Gasteiger partial charge >= 0.3 is 0 Å². The minimum atomic E-state index is 0.321. The Morgan fingerprint density at radius 1 is 1.39 bits per heavy atom. The van der Waals surface area contributed by atoms with Crippen LogP contribution >= 0.6 is 0 Å². The van der Waals surface area contributed by atoms with Crippen molar-refractivity contribution in [1.29, 1.82) is 0 Å². The van der Waals surface area contributed by atoms with E-state index in [1.165, 1.54) is 0 Å². The van der Waals surface area contributed by atoms with Gasteiger partial charge in [-0.2, -0.15) is 0 Å². The molecule has 0 radical (unpaired) electrons. The van der Waals surface area contributed by atoms with E-state index in [9.17, 15) is 0 Å². The third-order valence-electron chi connectivity index (χ3n) is 3.32. The number of ether oxygens (including phenoxy) is 1. The van der Waals surface area contributed by atoms with Crippen molar-refractivity contribution in [3.63, 3.8) is 0 Å². The van der Waals surface area contributed by atoms with E-state index >= 15 is 0 Å². The highest BCUT2D eigenvalue weighted by molar-refractivity contribution is 5.11. The highest BCUT2D eigenvalue weighted by Crippen LogP contribution is 2.14. The fourth-order valence-corrected chi connectivity index (χ4v) is 2.30. The Balaban J connectivity index is 2.01. The zero-order valence-corrected chi connectivity index (χ0v) is 11.5. The van der Waals surface area contributed by atoms with Gasteiger partial charge in [-0.1, -0.05) is 6.07 Å². The lowest BCUT2D eigenvalue weighted by Gasteiger charge is -2.36. The van der Waals surface area contributed by atoms with Crippen molar-refractivity contribution in [1.82, 2.24) is 15.2 Å². The SMILES string of the molecule is CNCc1cccc(CN2CC(C)OCC2C)n1. The second kappa shape index (κ2) is 6.27. The van der Waals surface area contributed by atoms with Crippen LogP contribution in [0.5, 0.6) is 0 Å². The Hall–Kier alpha value is -0.970. The van der Waals surface area contributed by atoms with E-state index in [0.29, 0.717) is 12.1 Å². The molecule has 0 bridgehead atoms. The standard InChI is InChI=1S/C14H23N3O/c1-11-10-18-12(2)8-17(11)9-14-6-4-5-13(16-14)7-15-3/h4-6,11-12,15H,7-10H2,1-3H3. The van der Waals surface area contributed by atoms with Gasteiger partial charge in [0, 0.05) is 25.7 Å². The van der Waals surface area contributed by atoms with Gasteiger partial charge in [-0.15, -0.1) is 0 Å². The van der Waals surface area contributed by atoms with Crippen molar-refractivity contribution in [2.45, 2.75) is 39.1 Å². The van der Waals surface area contributed by atoms with E-state index in [1.807, 2.05) is 7.05 Å². The summed E-state index contributed by atoms with van der Waals surface area (Å²) in [6.07, 6.45) is 0.321. The predicted octanol–water partition coefficient (Wildman–Crippen LogP) is 1.41. The molecule has 2 atom stereocenters. The van der Waals surface area contributed by atoms with Crippen molar-refractivity contribution < 1.29 is 4.74 Å². The average molecular weight is 249 g/mol. The molecule has 0 spiro atoms. The van der Waals surface area contributed by atoms with E-state index < -0.39 is 0 Å². The number of pyridine rings is 1. The minimum absolute atomic E-state index is 0.321. The Kier molecular flexibility index (Phi) is 4.69. The van der Waals surface area contributed by atoms with Crippen molar-refractivity contribution in [3.05, 3.63) is 29.6 Å². The highest BCUT2D eigenvalue weighted by atomic mass is 16.5. The molecule has 18 heavy (non-hydrogen) atoms. The fraction of sp³-hybridized carbons (Fsp3) is 0.643. The minimum Gasteiger partial charge on any atom is -0.376 e. The molecule has 1 aliphatic heterocycles. The summed E-state index contributed by atoms with van der Waals surface area (Å²) >= 11 is 0. The topological polar surface area (TPSA) is 37.4 Å². The summed E-state index contributed by atoms with van der Waals surface area (Å²) in [5, 5.41) is 3.13. The maximum Gasteiger partial charge on any atom is 0.0674 e. The Morgan fingerprint density at radius 2 is 2.17 bits per heavy atom. The largest absolute Gasteiger partial charge is 0.376 e. The molecule has 2 heterocycles. The molecule has 4 heteroatoms. The Labute approximate surface area is 109 Å². The van der Waals surface area contributed by atoms with Gasteiger partial charge in [0.2, 0.25) is 0 Å². The smallest absolute Gasteiger partial charge is 0.0674 e. The van der Waals surface area contributed by atoms with Gasteiger partial charge in [0.05, 0.1) is 24.1 Å². The van der Waals surface area contributed by atoms with Gasteiger partial charge in [0.25, 0.3) is 0 Å². The van der Waals surface area contributed by atoms with Crippen LogP contribution in [0.25, 0.3) is 0 Å². The molecule has 0 saturated carbocycles. The van der Waals surface area contributed by atoms with Gasteiger partial charge in [-0.25, -0.2) is 0 Å². The maximum atomic E-state index is 5.65. The van der Waals surface area contributed by atoms with E-state index in [2.05, 4.69) is 47.2 Å². The van der Waals surface area contributed by atoms with Crippen LogP contribution in [0, 0.1) is 0 Å². The Morgan fingerprint density at radius 3 is 2.94 bits per heavy atom. The summed E-state index contributed by atoms with van der Waals surface area (Å²) in [6, 6.07) is 6.72. The van der Waals surface area contributed by atoms with Crippen molar-refractivity contribution >= 4 is 0 Å². The van der Waals surface area contributed by atoms with E-state index in [0.717, 1.165) is 37.6 Å². The van der Waals surface area contributed by atoms with Gasteiger partial charge in [-0.3, -0.25) is 9.88 Å². The first kappa shape index (κ1) is 13.5. The quantitative estimate of drug-likeness (QED) is 0.875. The molecule has 1 N–H and O–H groups in total. The van der Waals surface area contributed by atoms with Gasteiger partial charge in [0.15, 0.2) is 0 Å². The van der Waals surface area contributed by atoms with Crippen LogP contribution in [0.4, 0.5) is 0 Å². The summed E-state index contributed by atoms with van der Waals surface area (Å²) in [4.78, 5) is 7.12. The molecular weight excluding hydrogens is 226 g/mol. The molecule has 1 saturated heterocycles. The monoisotopic (exact) mass is 249 g/mol. The lowest BCUT2D eigenvalue weighted by atomic mass is 10.2. The number of rotatable bonds is 4. The normalized spacial score (nSPS) is 25.3. The molecule has 0 amide bonds. The summed E-state index contributed by atoms with van der Waals surface area (Å²) in [7, 11) is 1.94. The molecule has 0 aromatic carbocycles. The van der Waals surface area contributed by atoms with Crippen LogP contribution in [0.3, 0.4) is 0 Å². The summed E-state index contributed by atoms with van der Waals surface area (Å²) in [6.45, 7) is 7.87. The zero-order chi connectivity index (χ0) is 13.0. The number of nitrogens with one attached hydrogen (secondary N) is 1. The van der Waals surface area contributed by atoms with Crippen LogP contribution in [0.15, 0.2) is 18.2 Å². The molecule has 1 aromatic heterocycles. The van der Waals surface area contributed by atoms with Gasteiger partial charge in [0.1, 0.15) is 0 Å². The number of nitrogens with zero attached hydrogens (tertiary/aromatic N) is 2. The van der Waals surface area contributed by atoms with E-state index in [4.69, 9.17) is 4.74 Å². The summed E-state index contributed by atoms with van der Waals surface area (Å²) < 4.78 is 5.65. The average Bonchev–Trinajstić information content (AvgIpc) is 2.35. The van der Waals surface area contributed by atoms with Gasteiger partial charge in [-0.05, 0) is 33.0 Å². The van der Waals surface area contributed by atoms with Gasteiger partial charge < -0.3 is 10.1 Å². The molecule has 1 aromatic rings. The second-order valence-corrected chi connectivity index (χ2v) is 5.07. The maximum absolute atomic E-state index is 5.65. The first-order chi connectivity index (χ1) is 8.69. The third-order valence-corrected chi connectivity index (χ3v) is 3.32. The van der Waals surface area contributed by atoms with E-state index in [-0.39, 0.29) is 0 Å². The van der Waals surface area contributed by atoms with Crippen molar-refractivity contribution in [2.24, 2.45) is 0 Å². The van der Waals surface area contributed by atoms with Crippen LogP contribution in [0.1, 0.15) is 25.2 Å². The number of aromatic nitrogens is 1. The summed E-state index contributed by atoms with van der Waals surface area (Å²) in [5.41, 5.74) is 2.24.